The smallest absolute Gasteiger partial charge is 0.306 e. The Morgan fingerprint density at radius 2 is 2.19 bits per heavy atom. The van der Waals surface area contributed by atoms with Crippen molar-refractivity contribution in [2.45, 2.75) is 31.8 Å². The number of rotatable bonds is 5. The van der Waals surface area contributed by atoms with Gasteiger partial charge in [0.05, 0.1) is 26.1 Å². The van der Waals surface area contributed by atoms with E-state index in [1.165, 1.54) is 4.90 Å². The lowest BCUT2D eigenvalue weighted by atomic mass is 9.74. The number of ether oxygens (including phenoxy) is 1. The van der Waals surface area contributed by atoms with E-state index in [9.17, 15) is 4.79 Å². The summed E-state index contributed by atoms with van der Waals surface area (Å²) >= 11 is 0. The standard InChI is InChI=1S/C18H25NO2/c1-4-9-16-14-19(3)13-12-18(16,21-17(20)5-2)15-10-7-6-8-11-15/h4,6-8,10-11,16H,1,5,9,12-14H2,2-3H3/p+1/t16-,18-/m0/s1. The van der Waals surface area contributed by atoms with E-state index < -0.39 is 5.60 Å². The van der Waals surface area contributed by atoms with Crippen molar-refractivity contribution in [3.05, 3.63) is 48.6 Å². The van der Waals surface area contributed by atoms with Crippen molar-refractivity contribution < 1.29 is 14.4 Å². The van der Waals surface area contributed by atoms with Crippen molar-refractivity contribution >= 4 is 5.97 Å². The van der Waals surface area contributed by atoms with E-state index in [4.69, 9.17) is 4.74 Å². The van der Waals surface area contributed by atoms with Gasteiger partial charge in [-0.2, -0.15) is 0 Å². The van der Waals surface area contributed by atoms with Crippen molar-refractivity contribution in [3.8, 4) is 0 Å². The second kappa shape index (κ2) is 6.90. The van der Waals surface area contributed by atoms with Crippen LogP contribution in [-0.4, -0.2) is 26.1 Å². The van der Waals surface area contributed by atoms with Crippen molar-refractivity contribution in [1.82, 2.24) is 0 Å². The monoisotopic (exact) mass is 288 g/mol. The fourth-order valence-electron chi connectivity index (χ4n) is 3.33. The fourth-order valence-corrected chi connectivity index (χ4v) is 3.33. The highest BCUT2D eigenvalue weighted by Gasteiger charge is 2.48. The normalized spacial score (nSPS) is 28.9. The van der Waals surface area contributed by atoms with Gasteiger partial charge >= 0.3 is 5.97 Å². The topological polar surface area (TPSA) is 30.7 Å². The molecule has 0 aromatic heterocycles. The third kappa shape index (κ3) is 3.35. The first-order chi connectivity index (χ1) is 10.1. The highest BCUT2D eigenvalue weighted by molar-refractivity contribution is 5.69. The quantitative estimate of drug-likeness (QED) is 0.663. The Bertz CT molecular complexity index is 485. The van der Waals surface area contributed by atoms with Crippen LogP contribution in [0.1, 0.15) is 31.7 Å². The van der Waals surface area contributed by atoms with Gasteiger partial charge < -0.3 is 9.64 Å². The number of quaternary nitrogens is 1. The Morgan fingerprint density at radius 3 is 2.81 bits per heavy atom. The Morgan fingerprint density at radius 1 is 1.48 bits per heavy atom. The molecule has 0 radical (unpaired) electrons. The molecule has 0 amide bonds. The third-order valence-electron chi connectivity index (χ3n) is 4.48. The molecule has 0 bridgehead atoms. The van der Waals surface area contributed by atoms with E-state index in [2.05, 4.69) is 25.8 Å². The summed E-state index contributed by atoms with van der Waals surface area (Å²) in [5, 5.41) is 0. The Kier molecular flexibility index (Phi) is 5.18. The van der Waals surface area contributed by atoms with Gasteiger partial charge in [-0.25, -0.2) is 0 Å². The second-order valence-electron chi connectivity index (χ2n) is 5.97. The van der Waals surface area contributed by atoms with Gasteiger partial charge in [0.1, 0.15) is 0 Å². The molecule has 1 fully saturated rings. The summed E-state index contributed by atoms with van der Waals surface area (Å²) < 4.78 is 6.03. The first-order valence-electron chi connectivity index (χ1n) is 7.82. The average Bonchev–Trinajstić information content (AvgIpc) is 2.51. The highest BCUT2D eigenvalue weighted by atomic mass is 16.6. The van der Waals surface area contributed by atoms with E-state index in [-0.39, 0.29) is 11.9 Å². The van der Waals surface area contributed by atoms with Crippen LogP contribution in [-0.2, 0) is 15.1 Å². The van der Waals surface area contributed by atoms with Gasteiger partial charge in [-0.1, -0.05) is 43.3 Å². The number of carbonyl (C=O) groups is 1. The van der Waals surface area contributed by atoms with Crippen LogP contribution in [0.5, 0.6) is 0 Å². The van der Waals surface area contributed by atoms with Crippen LogP contribution in [0, 0.1) is 5.92 Å². The molecule has 1 heterocycles. The molecule has 0 spiro atoms. The van der Waals surface area contributed by atoms with Gasteiger partial charge in [-0.05, 0) is 12.0 Å². The molecule has 1 aromatic carbocycles. The minimum atomic E-state index is -0.498. The molecule has 3 atom stereocenters. The molecule has 3 heteroatoms. The number of allylic oxidation sites excluding steroid dienone is 1. The molecule has 1 aliphatic heterocycles. The maximum atomic E-state index is 12.0. The van der Waals surface area contributed by atoms with Crippen molar-refractivity contribution in [1.29, 1.82) is 0 Å². The van der Waals surface area contributed by atoms with Gasteiger partial charge in [0.15, 0.2) is 5.60 Å². The van der Waals surface area contributed by atoms with Gasteiger partial charge in [-0.15, -0.1) is 6.58 Å². The van der Waals surface area contributed by atoms with Gasteiger partial charge in [-0.3, -0.25) is 4.79 Å². The number of piperidine rings is 1. The summed E-state index contributed by atoms with van der Waals surface area (Å²) in [5.41, 5.74) is 0.619. The summed E-state index contributed by atoms with van der Waals surface area (Å²) in [5.74, 6) is 0.161. The number of esters is 1. The van der Waals surface area contributed by atoms with E-state index in [0.717, 1.165) is 31.5 Å². The van der Waals surface area contributed by atoms with E-state index >= 15 is 0 Å². The lowest BCUT2D eigenvalue weighted by molar-refractivity contribution is -0.892. The van der Waals surface area contributed by atoms with Crippen LogP contribution >= 0.6 is 0 Å². The number of likely N-dealkylation sites (tertiary alicyclic amines) is 1. The Hall–Kier alpha value is -1.61. The maximum Gasteiger partial charge on any atom is 0.306 e. The highest BCUT2D eigenvalue weighted by Crippen LogP contribution is 2.40. The minimum absolute atomic E-state index is 0.118. The minimum Gasteiger partial charge on any atom is -0.453 e. The van der Waals surface area contributed by atoms with E-state index in [1.54, 1.807) is 0 Å². The zero-order valence-electron chi connectivity index (χ0n) is 13.1. The molecule has 2 rings (SSSR count). The van der Waals surface area contributed by atoms with Crippen molar-refractivity contribution in [2.24, 2.45) is 5.92 Å². The lowest BCUT2D eigenvalue weighted by Gasteiger charge is -2.44. The summed E-state index contributed by atoms with van der Waals surface area (Å²) in [6, 6.07) is 10.2. The third-order valence-corrected chi connectivity index (χ3v) is 4.48. The summed E-state index contributed by atoms with van der Waals surface area (Å²) in [4.78, 5) is 13.5. The SMILES string of the molecule is C=CC[C@H]1C[NH+](C)CC[C@]1(OC(=O)CC)c1ccccc1. The number of nitrogens with one attached hydrogen (secondary N) is 1. The molecule has 1 aliphatic rings. The zero-order valence-corrected chi connectivity index (χ0v) is 13.1. The van der Waals surface area contributed by atoms with E-state index in [1.807, 2.05) is 31.2 Å². The predicted molar refractivity (Wildman–Crippen MR) is 84.0 cm³/mol. The molecule has 1 N–H and O–H groups in total. The van der Waals surface area contributed by atoms with Crippen molar-refractivity contribution in [3.63, 3.8) is 0 Å². The first-order valence-corrected chi connectivity index (χ1v) is 7.82. The molecular weight excluding hydrogens is 262 g/mol. The van der Waals surface area contributed by atoms with E-state index in [0.29, 0.717) is 6.42 Å². The number of hydrogen-bond donors (Lipinski definition) is 1. The Labute approximate surface area is 127 Å². The maximum absolute atomic E-state index is 12.0. The summed E-state index contributed by atoms with van der Waals surface area (Å²) in [7, 11) is 2.20. The van der Waals surface area contributed by atoms with Crippen molar-refractivity contribution in [2.75, 3.05) is 20.1 Å². The van der Waals surface area contributed by atoms with Crippen LogP contribution in [0.15, 0.2) is 43.0 Å². The van der Waals surface area contributed by atoms with Crippen LogP contribution in [0.25, 0.3) is 0 Å². The molecule has 0 saturated carbocycles. The number of benzene rings is 1. The predicted octanol–water partition coefficient (Wildman–Crippen LogP) is 1.95. The molecule has 1 aromatic rings. The van der Waals surface area contributed by atoms with Crippen LogP contribution in [0.2, 0.25) is 0 Å². The van der Waals surface area contributed by atoms with Gasteiger partial charge in [0, 0.05) is 12.8 Å². The average molecular weight is 288 g/mol. The Balaban J connectivity index is 2.42. The summed E-state index contributed by atoms with van der Waals surface area (Å²) in [6.45, 7) is 7.75. The molecule has 114 valence electrons. The molecular formula is C18H26NO2+. The summed E-state index contributed by atoms with van der Waals surface area (Å²) in [6.07, 6.45) is 4.09. The lowest BCUT2D eigenvalue weighted by Crippen LogP contribution is -3.11. The molecule has 21 heavy (non-hydrogen) atoms. The number of hydrogen-bond acceptors (Lipinski definition) is 2. The second-order valence-corrected chi connectivity index (χ2v) is 5.97. The molecule has 1 saturated heterocycles. The molecule has 0 aliphatic carbocycles. The first kappa shape index (κ1) is 15.8. The van der Waals surface area contributed by atoms with Crippen LogP contribution < -0.4 is 4.90 Å². The van der Waals surface area contributed by atoms with Crippen LogP contribution in [0.4, 0.5) is 0 Å². The zero-order chi connectivity index (χ0) is 15.3. The van der Waals surface area contributed by atoms with Crippen LogP contribution in [0.3, 0.4) is 0 Å². The van der Waals surface area contributed by atoms with Gasteiger partial charge in [0.25, 0.3) is 0 Å². The number of carbonyl (C=O) groups excluding carboxylic acids is 1. The molecule has 1 unspecified atom stereocenters. The molecule has 3 nitrogen and oxygen atoms in total. The van der Waals surface area contributed by atoms with Gasteiger partial charge in [0.2, 0.25) is 0 Å². The largest absolute Gasteiger partial charge is 0.453 e. The fraction of sp³-hybridized carbons (Fsp3) is 0.500.